The quantitative estimate of drug-likeness (QED) is 0.805. The lowest BCUT2D eigenvalue weighted by Gasteiger charge is -2.23. The van der Waals surface area contributed by atoms with Gasteiger partial charge < -0.3 is 10.1 Å². The number of anilines is 1. The number of nitrogens with zero attached hydrogens (tertiary/aromatic N) is 3. The van der Waals surface area contributed by atoms with Crippen LogP contribution >= 0.6 is 0 Å². The Bertz CT molecular complexity index is 432. The zero-order valence-corrected chi connectivity index (χ0v) is 11.4. The van der Waals surface area contributed by atoms with Crippen molar-refractivity contribution in [1.82, 2.24) is 14.9 Å². The van der Waals surface area contributed by atoms with E-state index in [0.717, 1.165) is 19.6 Å². The molecule has 1 fully saturated rings. The highest BCUT2D eigenvalue weighted by Gasteiger charge is 2.17. The second kappa shape index (κ2) is 6.47. The molecule has 0 bridgehead atoms. The minimum absolute atomic E-state index is 0.223. The average Bonchev–Trinajstić information content (AvgIpc) is 2.98. The van der Waals surface area contributed by atoms with E-state index in [0.29, 0.717) is 11.9 Å². The zero-order chi connectivity index (χ0) is 13.7. The Morgan fingerprint density at radius 2 is 2.21 bits per heavy atom. The molecule has 1 aliphatic heterocycles. The Morgan fingerprint density at radius 3 is 2.89 bits per heavy atom. The van der Waals surface area contributed by atoms with Gasteiger partial charge in [0, 0.05) is 12.6 Å². The summed E-state index contributed by atoms with van der Waals surface area (Å²) in [5.41, 5.74) is 0.223. The minimum atomic E-state index is -0.469. The molecule has 0 aromatic carbocycles. The van der Waals surface area contributed by atoms with Crippen molar-refractivity contribution in [3.8, 4) is 0 Å². The highest BCUT2D eigenvalue weighted by molar-refractivity contribution is 5.87. The van der Waals surface area contributed by atoms with Crippen LogP contribution < -0.4 is 5.32 Å². The van der Waals surface area contributed by atoms with Gasteiger partial charge in [0.25, 0.3) is 0 Å². The zero-order valence-electron chi connectivity index (χ0n) is 11.4. The van der Waals surface area contributed by atoms with Gasteiger partial charge in [0.15, 0.2) is 5.69 Å². The number of ether oxygens (including phenoxy) is 1. The number of carbonyl (C=O) groups excluding carboxylic acids is 1. The second-order valence-corrected chi connectivity index (χ2v) is 4.75. The smallest absolute Gasteiger partial charge is 0.358 e. The van der Waals surface area contributed by atoms with E-state index in [9.17, 15) is 4.79 Å². The van der Waals surface area contributed by atoms with E-state index in [2.05, 4.69) is 31.8 Å². The Balaban J connectivity index is 1.90. The molecule has 1 N–H and O–H groups in total. The molecule has 2 rings (SSSR count). The third-order valence-electron chi connectivity index (χ3n) is 3.37. The second-order valence-electron chi connectivity index (χ2n) is 4.75. The Hall–Kier alpha value is -1.69. The lowest BCUT2D eigenvalue weighted by molar-refractivity contribution is 0.0593. The van der Waals surface area contributed by atoms with Gasteiger partial charge in [-0.05, 0) is 32.9 Å². The highest BCUT2D eigenvalue weighted by atomic mass is 16.5. The first-order valence-electron chi connectivity index (χ1n) is 6.59. The van der Waals surface area contributed by atoms with E-state index in [4.69, 9.17) is 0 Å². The molecule has 6 nitrogen and oxygen atoms in total. The van der Waals surface area contributed by atoms with Crippen LogP contribution in [0.5, 0.6) is 0 Å². The highest BCUT2D eigenvalue weighted by Crippen LogP contribution is 2.12. The predicted molar refractivity (Wildman–Crippen MR) is 72.1 cm³/mol. The van der Waals surface area contributed by atoms with Gasteiger partial charge in [-0.25, -0.2) is 9.78 Å². The van der Waals surface area contributed by atoms with Crippen LogP contribution in [0.3, 0.4) is 0 Å². The molecule has 19 heavy (non-hydrogen) atoms. The van der Waals surface area contributed by atoms with Crippen molar-refractivity contribution in [3.63, 3.8) is 0 Å². The van der Waals surface area contributed by atoms with E-state index in [-0.39, 0.29) is 5.69 Å². The Labute approximate surface area is 113 Å². The molecule has 0 radical (unpaired) electrons. The molecule has 1 aromatic heterocycles. The Kier molecular flexibility index (Phi) is 4.68. The van der Waals surface area contributed by atoms with Crippen LogP contribution in [-0.4, -0.2) is 53.6 Å². The van der Waals surface area contributed by atoms with Gasteiger partial charge in [-0.2, -0.15) is 0 Å². The predicted octanol–water partition coefficient (Wildman–Crippen LogP) is 1.16. The lowest BCUT2D eigenvalue weighted by Crippen LogP contribution is -2.35. The van der Waals surface area contributed by atoms with Gasteiger partial charge in [0.2, 0.25) is 0 Å². The van der Waals surface area contributed by atoms with Crippen molar-refractivity contribution in [2.45, 2.75) is 25.8 Å². The van der Waals surface area contributed by atoms with E-state index in [1.54, 1.807) is 6.20 Å². The average molecular weight is 264 g/mol. The monoisotopic (exact) mass is 264 g/mol. The normalized spacial score (nSPS) is 17.2. The first kappa shape index (κ1) is 13.7. The standard InChI is InChI=1S/C13H20N4O2/c1-10(17-5-3-4-6-17)7-15-12-9-14-8-11(16-12)13(18)19-2/h8-10H,3-7H2,1-2H3,(H,15,16). The summed E-state index contributed by atoms with van der Waals surface area (Å²) < 4.78 is 4.62. The summed E-state index contributed by atoms with van der Waals surface area (Å²) in [6, 6.07) is 0.450. The lowest BCUT2D eigenvalue weighted by atomic mass is 10.3. The molecule has 0 saturated carbocycles. The summed E-state index contributed by atoms with van der Waals surface area (Å²) in [4.78, 5) is 22.0. The molecule has 104 valence electrons. The summed E-state index contributed by atoms with van der Waals surface area (Å²) in [6.45, 7) is 5.31. The van der Waals surface area contributed by atoms with Crippen molar-refractivity contribution >= 4 is 11.8 Å². The van der Waals surface area contributed by atoms with Crippen molar-refractivity contribution in [3.05, 3.63) is 18.1 Å². The van der Waals surface area contributed by atoms with Crippen molar-refractivity contribution in [2.24, 2.45) is 0 Å². The fraction of sp³-hybridized carbons (Fsp3) is 0.615. The van der Waals surface area contributed by atoms with Crippen LogP contribution in [0, 0.1) is 0 Å². The SMILES string of the molecule is COC(=O)c1cncc(NCC(C)N2CCCC2)n1. The van der Waals surface area contributed by atoms with Crippen LogP contribution in [0.1, 0.15) is 30.3 Å². The molecule has 0 spiro atoms. The molecular formula is C13H20N4O2. The third-order valence-corrected chi connectivity index (χ3v) is 3.37. The maximum atomic E-state index is 11.4. The molecule has 1 saturated heterocycles. The van der Waals surface area contributed by atoms with Gasteiger partial charge in [-0.1, -0.05) is 0 Å². The fourth-order valence-corrected chi connectivity index (χ4v) is 2.22. The topological polar surface area (TPSA) is 67.3 Å². The van der Waals surface area contributed by atoms with E-state index >= 15 is 0 Å². The van der Waals surface area contributed by atoms with Crippen LogP contribution in [0.4, 0.5) is 5.82 Å². The van der Waals surface area contributed by atoms with Gasteiger partial charge in [-0.3, -0.25) is 9.88 Å². The molecule has 0 amide bonds. The van der Waals surface area contributed by atoms with Crippen LogP contribution in [0.15, 0.2) is 12.4 Å². The first-order valence-corrected chi connectivity index (χ1v) is 6.59. The van der Waals surface area contributed by atoms with Crippen molar-refractivity contribution in [1.29, 1.82) is 0 Å². The van der Waals surface area contributed by atoms with Gasteiger partial charge in [0.1, 0.15) is 5.82 Å². The minimum Gasteiger partial charge on any atom is -0.464 e. The summed E-state index contributed by atoms with van der Waals surface area (Å²) in [5.74, 6) is 0.137. The number of esters is 1. The first-order chi connectivity index (χ1) is 9.20. The molecule has 0 aliphatic carbocycles. The molecule has 1 aromatic rings. The van der Waals surface area contributed by atoms with E-state index in [1.807, 2.05) is 0 Å². The number of aromatic nitrogens is 2. The van der Waals surface area contributed by atoms with Gasteiger partial charge in [0.05, 0.1) is 19.5 Å². The number of hydrogen-bond donors (Lipinski definition) is 1. The summed E-state index contributed by atoms with van der Waals surface area (Å²) >= 11 is 0. The van der Waals surface area contributed by atoms with Gasteiger partial charge in [-0.15, -0.1) is 0 Å². The molecule has 1 atom stereocenters. The number of nitrogens with one attached hydrogen (secondary N) is 1. The Morgan fingerprint density at radius 1 is 1.47 bits per heavy atom. The van der Waals surface area contributed by atoms with E-state index < -0.39 is 5.97 Å². The number of rotatable bonds is 5. The van der Waals surface area contributed by atoms with Crippen LogP contribution in [0.25, 0.3) is 0 Å². The number of carbonyl (C=O) groups is 1. The third kappa shape index (κ3) is 3.64. The molecule has 6 heteroatoms. The van der Waals surface area contributed by atoms with Crippen molar-refractivity contribution in [2.75, 3.05) is 32.1 Å². The van der Waals surface area contributed by atoms with E-state index in [1.165, 1.54) is 26.1 Å². The number of likely N-dealkylation sites (tertiary alicyclic amines) is 1. The van der Waals surface area contributed by atoms with Crippen molar-refractivity contribution < 1.29 is 9.53 Å². The molecular weight excluding hydrogens is 244 g/mol. The van der Waals surface area contributed by atoms with Crippen LogP contribution in [-0.2, 0) is 4.74 Å². The summed E-state index contributed by atoms with van der Waals surface area (Å²) in [6.07, 6.45) is 5.58. The molecule has 1 aliphatic rings. The maximum absolute atomic E-state index is 11.4. The fourth-order valence-electron chi connectivity index (χ4n) is 2.22. The summed E-state index contributed by atoms with van der Waals surface area (Å²) in [7, 11) is 1.33. The molecule has 2 heterocycles. The van der Waals surface area contributed by atoms with Crippen LogP contribution in [0.2, 0.25) is 0 Å². The maximum Gasteiger partial charge on any atom is 0.358 e. The number of hydrogen-bond acceptors (Lipinski definition) is 6. The summed E-state index contributed by atoms with van der Waals surface area (Å²) in [5, 5.41) is 3.22. The van der Waals surface area contributed by atoms with Gasteiger partial charge >= 0.3 is 5.97 Å². The molecule has 1 unspecified atom stereocenters. The largest absolute Gasteiger partial charge is 0.464 e. The number of methoxy groups -OCH3 is 1.